The van der Waals surface area contributed by atoms with E-state index in [9.17, 15) is 36.7 Å². The molecule has 0 bridgehead atoms. The van der Waals surface area contributed by atoms with E-state index in [4.69, 9.17) is 23.2 Å². The molecule has 2 atom stereocenters. The van der Waals surface area contributed by atoms with Crippen LogP contribution in [0.4, 0.5) is 19.3 Å². The number of rotatable bonds is 8. The molecule has 3 aromatic carbocycles. The third-order valence-electron chi connectivity index (χ3n) is 6.19. The zero-order chi connectivity index (χ0) is 29.9. The van der Waals surface area contributed by atoms with Gasteiger partial charge in [0.1, 0.15) is 11.6 Å². The summed E-state index contributed by atoms with van der Waals surface area (Å²) in [6.07, 6.45) is -2.39. The molecule has 1 heterocycles. The molecule has 3 amide bonds. The number of urea groups is 1. The number of aliphatic carboxylic acids is 1. The summed E-state index contributed by atoms with van der Waals surface area (Å²) in [5.41, 5.74) is 0.415. The summed E-state index contributed by atoms with van der Waals surface area (Å²) < 4.78 is 54.9. The molecule has 0 saturated carbocycles. The Hall–Kier alpha value is -3.78. The van der Waals surface area contributed by atoms with Gasteiger partial charge in [-0.05, 0) is 60.2 Å². The molecule has 41 heavy (non-hydrogen) atoms. The van der Waals surface area contributed by atoms with Crippen LogP contribution in [-0.2, 0) is 19.6 Å². The molecular weight excluding hydrogens is 605 g/mol. The topological polar surface area (TPSA) is 136 Å². The Labute approximate surface area is 243 Å². The zero-order valence-electron chi connectivity index (χ0n) is 20.9. The van der Waals surface area contributed by atoms with Gasteiger partial charge in [-0.15, -0.1) is 0 Å². The lowest BCUT2D eigenvalue weighted by Crippen LogP contribution is -2.55. The first-order valence-corrected chi connectivity index (χ1v) is 14.1. The summed E-state index contributed by atoms with van der Waals surface area (Å²) >= 11 is 12.0. The Morgan fingerprint density at radius 3 is 2.12 bits per heavy atom. The van der Waals surface area contributed by atoms with Gasteiger partial charge in [0.15, 0.2) is 6.17 Å². The Morgan fingerprint density at radius 2 is 1.54 bits per heavy atom. The van der Waals surface area contributed by atoms with E-state index in [2.05, 4.69) is 10.6 Å². The third kappa shape index (κ3) is 6.93. The van der Waals surface area contributed by atoms with Gasteiger partial charge in [-0.2, -0.15) is 4.31 Å². The number of hydrogen-bond donors (Lipinski definition) is 3. The number of amides is 3. The predicted octanol–water partition coefficient (Wildman–Crippen LogP) is 4.47. The van der Waals surface area contributed by atoms with Gasteiger partial charge in [0.05, 0.1) is 27.4 Å². The summed E-state index contributed by atoms with van der Waals surface area (Å²) in [5, 5.41) is 14.4. The number of carboxylic acid groups (broad SMARTS) is 1. The first-order valence-electron chi connectivity index (χ1n) is 11.9. The monoisotopic (exact) mass is 626 g/mol. The number of benzene rings is 3. The van der Waals surface area contributed by atoms with Crippen molar-refractivity contribution >= 4 is 56.8 Å². The number of anilines is 1. The Morgan fingerprint density at radius 1 is 0.927 bits per heavy atom. The SMILES string of the molecule is O=C(O)CC(NC(=O)C1N(C(=O)Nc2ccc(F)cc2)CCN1S(=O)(=O)c1ccc(Cl)c(Cl)c1)c1ccc(F)cc1. The summed E-state index contributed by atoms with van der Waals surface area (Å²) in [7, 11) is -4.45. The summed E-state index contributed by atoms with van der Waals surface area (Å²) in [6, 6.07) is 10.9. The second-order valence-electron chi connectivity index (χ2n) is 8.91. The molecule has 4 rings (SSSR count). The minimum Gasteiger partial charge on any atom is -0.481 e. The van der Waals surface area contributed by atoms with E-state index in [0.717, 1.165) is 39.5 Å². The molecular formula is C26H22Cl2F2N4O6S. The maximum Gasteiger partial charge on any atom is 0.323 e. The van der Waals surface area contributed by atoms with E-state index in [-0.39, 0.29) is 39.3 Å². The van der Waals surface area contributed by atoms with Gasteiger partial charge in [0, 0.05) is 18.8 Å². The maximum atomic E-state index is 13.7. The number of halogens is 4. The van der Waals surface area contributed by atoms with E-state index in [1.807, 2.05) is 0 Å². The number of carbonyl (C=O) groups is 3. The van der Waals surface area contributed by atoms with Crippen LogP contribution in [0, 0.1) is 11.6 Å². The molecule has 3 N–H and O–H groups in total. The van der Waals surface area contributed by atoms with Crippen molar-refractivity contribution in [3.05, 3.63) is 94.0 Å². The quantitative estimate of drug-likeness (QED) is 0.337. The highest BCUT2D eigenvalue weighted by Gasteiger charge is 2.47. The van der Waals surface area contributed by atoms with Crippen LogP contribution in [0.5, 0.6) is 0 Å². The Kier molecular flexibility index (Phi) is 9.12. The largest absolute Gasteiger partial charge is 0.481 e. The minimum absolute atomic E-state index is 0.0586. The molecule has 1 fully saturated rings. The second-order valence-corrected chi connectivity index (χ2v) is 11.6. The van der Waals surface area contributed by atoms with Crippen LogP contribution >= 0.6 is 23.2 Å². The normalized spacial score (nSPS) is 16.3. The van der Waals surface area contributed by atoms with Crippen LogP contribution in [0.1, 0.15) is 18.0 Å². The lowest BCUT2D eigenvalue weighted by molar-refractivity contribution is -0.138. The molecule has 15 heteroatoms. The van der Waals surface area contributed by atoms with Crippen molar-refractivity contribution in [2.45, 2.75) is 23.5 Å². The average molecular weight is 627 g/mol. The van der Waals surface area contributed by atoms with Crippen LogP contribution in [-0.4, -0.2) is 59.9 Å². The number of nitrogens with one attached hydrogen (secondary N) is 2. The molecule has 2 unspecified atom stereocenters. The van der Waals surface area contributed by atoms with Crippen molar-refractivity contribution in [1.29, 1.82) is 0 Å². The molecule has 0 spiro atoms. The molecule has 1 aliphatic heterocycles. The highest BCUT2D eigenvalue weighted by molar-refractivity contribution is 7.89. The van der Waals surface area contributed by atoms with E-state index in [1.54, 1.807) is 0 Å². The Balaban J connectivity index is 1.70. The number of sulfonamides is 1. The van der Waals surface area contributed by atoms with Crippen LogP contribution in [0.25, 0.3) is 0 Å². The van der Waals surface area contributed by atoms with Crippen molar-refractivity contribution in [2.75, 3.05) is 18.4 Å². The van der Waals surface area contributed by atoms with Gasteiger partial charge in [-0.3, -0.25) is 14.5 Å². The fourth-order valence-corrected chi connectivity index (χ4v) is 6.15. The fourth-order valence-electron chi connectivity index (χ4n) is 4.21. The van der Waals surface area contributed by atoms with E-state index >= 15 is 0 Å². The Bertz CT molecular complexity index is 1580. The van der Waals surface area contributed by atoms with Crippen molar-refractivity contribution in [1.82, 2.24) is 14.5 Å². The fraction of sp³-hybridized carbons (Fsp3) is 0.192. The molecule has 0 aliphatic carbocycles. The summed E-state index contributed by atoms with van der Waals surface area (Å²) in [4.78, 5) is 39.1. The van der Waals surface area contributed by atoms with Gasteiger partial charge in [0.2, 0.25) is 10.0 Å². The second kappa shape index (κ2) is 12.4. The summed E-state index contributed by atoms with van der Waals surface area (Å²) in [5.74, 6) is -3.45. The highest BCUT2D eigenvalue weighted by atomic mass is 35.5. The molecule has 0 radical (unpaired) electrons. The van der Waals surface area contributed by atoms with Crippen molar-refractivity contribution < 1.29 is 36.7 Å². The standard InChI is InChI=1S/C26H22Cl2F2N4O6S/c27-20-10-9-19(13-21(20)28)41(39,40)34-12-11-33(26(38)31-18-7-5-17(30)6-8-18)25(34)24(37)32-22(14-23(35)36)15-1-3-16(29)4-2-15/h1-10,13,22,25H,11-12,14H2,(H,31,38)(H,32,37)(H,35,36). The number of carboxylic acids is 1. The lowest BCUT2D eigenvalue weighted by atomic mass is 10.0. The van der Waals surface area contributed by atoms with Crippen LogP contribution in [0.2, 0.25) is 10.0 Å². The first kappa shape index (κ1) is 30.2. The number of hydrogen-bond acceptors (Lipinski definition) is 5. The number of carbonyl (C=O) groups excluding carboxylic acids is 2. The van der Waals surface area contributed by atoms with Crippen molar-refractivity contribution in [2.24, 2.45) is 0 Å². The highest BCUT2D eigenvalue weighted by Crippen LogP contribution is 2.30. The summed E-state index contributed by atoms with van der Waals surface area (Å²) in [6.45, 7) is -0.538. The van der Waals surface area contributed by atoms with Gasteiger partial charge >= 0.3 is 12.0 Å². The lowest BCUT2D eigenvalue weighted by Gasteiger charge is -2.30. The number of nitrogens with zero attached hydrogens (tertiary/aromatic N) is 2. The molecule has 1 saturated heterocycles. The van der Waals surface area contributed by atoms with Gasteiger partial charge in [0.25, 0.3) is 5.91 Å². The minimum atomic E-state index is -4.45. The first-order chi connectivity index (χ1) is 19.4. The molecule has 0 aromatic heterocycles. The molecule has 216 valence electrons. The average Bonchev–Trinajstić information content (AvgIpc) is 3.38. The van der Waals surface area contributed by atoms with E-state index in [0.29, 0.717) is 0 Å². The predicted molar refractivity (Wildman–Crippen MR) is 146 cm³/mol. The van der Waals surface area contributed by atoms with Gasteiger partial charge in [-0.25, -0.2) is 22.0 Å². The maximum absolute atomic E-state index is 13.7. The van der Waals surface area contributed by atoms with E-state index < -0.39 is 58.2 Å². The van der Waals surface area contributed by atoms with Crippen LogP contribution < -0.4 is 10.6 Å². The molecule has 10 nitrogen and oxygen atoms in total. The van der Waals surface area contributed by atoms with Crippen LogP contribution in [0.3, 0.4) is 0 Å². The molecule has 1 aliphatic rings. The van der Waals surface area contributed by atoms with Gasteiger partial charge in [-0.1, -0.05) is 35.3 Å². The van der Waals surface area contributed by atoms with Crippen molar-refractivity contribution in [3.63, 3.8) is 0 Å². The van der Waals surface area contributed by atoms with Gasteiger partial charge < -0.3 is 15.7 Å². The van der Waals surface area contributed by atoms with Crippen molar-refractivity contribution in [3.8, 4) is 0 Å². The smallest absolute Gasteiger partial charge is 0.323 e. The van der Waals surface area contributed by atoms with Crippen LogP contribution in [0.15, 0.2) is 71.6 Å². The molecule has 3 aromatic rings. The third-order valence-corrected chi connectivity index (χ3v) is 8.77. The zero-order valence-corrected chi connectivity index (χ0v) is 23.3. The van der Waals surface area contributed by atoms with E-state index in [1.165, 1.54) is 36.4 Å².